The van der Waals surface area contributed by atoms with E-state index in [0.29, 0.717) is 0 Å². The van der Waals surface area contributed by atoms with Crippen LogP contribution in [0.2, 0.25) is 0 Å². The molecule has 0 bridgehead atoms. The van der Waals surface area contributed by atoms with Gasteiger partial charge in [0.05, 0.1) is 18.7 Å². The van der Waals surface area contributed by atoms with Gasteiger partial charge in [0.2, 0.25) is 0 Å². The Labute approximate surface area is 99.7 Å². The zero-order valence-corrected chi connectivity index (χ0v) is 11.0. The van der Waals surface area contributed by atoms with Gasteiger partial charge >= 0.3 is 0 Å². The van der Waals surface area contributed by atoms with E-state index in [2.05, 4.69) is 22.9 Å². The minimum atomic E-state index is 0.811. The Bertz CT molecular complexity index is 277. The quantitative estimate of drug-likeness (QED) is 0.923. The highest BCUT2D eigenvalue weighted by Crippen LogP contribution is 2.28. The first-order valence-electron chi connectivity index (χ1n) is 4.77. The Morgan fingerprint density at radius 3 is 2.20 bits per heavy atom. The second-order valence-corrected chi connectivity index (χ2v) is 3.64. The molecule has 0 amide bonds. The van der Waals surface area contributed by atoms with Crippen LogP contribution in [-0.4, -0.2) is 20.8 Å². The lowest BCUT2D eigenvalue weighted by Gasteiger charge is -2.04. The topological polar surface area (TPSA) is 44.5 Å². The fourth-order valence-corrected chi connectivity index (χ4v) is 1.29. The molecule has 3 nitrogen and oxygen atoms in total. The first-order chi connectivity index (χ1) is 7.19. The van der Waals surface area contributed by atoms with Crippen LogP contribution in [0.1, 0.15) is 13.3 Å². The Hall–Kier alpha value is -0.740. The van der Waals surface area contributed by atoms with Crippen molar-refractivity contribution in [1.82, 2.24) is 0 Å². The van der Waals surface area contributed by atoms with Gasteiger partial charge in [-0.25, -0.2) is 0 Å². The molecular formula is C11H18BrNO2. The van der Waals surface area contributed by atoms with Gasteiger partial charge in [0, 0.05) is 0 Å². The molecule has 1 aromatic carbocycles. The molecule has 2 N–H and O–H groups in total. The molecule has 0 aliphatic carbocycles. The van der Waals surface area contributed by atoms with E-state index in [1.54, 1.807) is 14.2 Å². The normalized spacial score (nSPS) is 8.87. The molecule has 4 heteroatoms. The Morgan fingerprint density at radius 1 is 1.27 bits per heavy atom. The molecule has 1 aromatic rings. The minimum absolute atomic E-state index is 0.811. The van der Waals surface area contributed by atoms with E-state index < -0.39 is 0 Å². The Balaban J connectivity index is 0.000000423. The van der Waals surface area contributed by atoms with E-state index in [9.17, 15) is 0 Å². The molecule has 0 radical (unpaired) electrons. The molecule has 0 atom stereocenters. The monoisotopic (exact) mass is 275 g/mol. The van der Waals surface area contributed by atoms with Crippen LogP contribution in [0, 0.1) is 0 Å². The van der Waals surface area contributed by atoms with Gasteiger partial charge in [-0.05, 0) is 47.1 Å². The van der Waals surface area contributed by atoms with Crippen molar-refractivity contribution in [1.29, 1.82) is 0 Å². The fraction of sp³-hybridized carbons (Fsp3) is 0.455. The molecule has 0 aromatic heterocycles. The van der Waals surface area contributed by atoms with Crippen LogP contribution in [0.3, 0.4) is 0 Å². The summed E-state index contributed by atoms with van der Waals surface area (Å²) in [5, 5.41) is 0. The molecule has 0 saturated heterocycles. The largest absolute Gasteiger partial charge is 0.497 e. The van der Waals surface area contributed by atoms with E-state index in [1.807, 2.05) is 18.2 Å². The first-order valence-corrected chi connectivity index (χ1v) is 5.56. The first kappa shape index (κ1) is 14.3. The number of methoxy groups -OCH3 is 2. The lowest BCUT2D eigenvalue weighted by molar-refractivity contribution is 0.401. The number of nitrogens with two attached hydrogens (primary N) is 1. The summed E-state index contributed by atoms with van der Waals surface area (Å²) >= 11 is 3.34. The van der Waals surface area contributed by atoms with Crippen molar-refractivity contribution >= 4 is 15.9 Å². The van der Waals surface area contributed by atoms with Gasteiger partial charge < -0.3 is 15.2 Å². The van der Waals surface area contributed by atoms with Crippen LogP contribution >= 0.6 is 15.9 Å². The van der Waals surface area contributed by atoms with Gasteiger partial charge in [0.25, 0.3) is 0 Å². The number of hydrogen-bond acceptors (Lipinski definition) is 3. The van der Waals surface area contributed by atoms with Crippen LogP contribution < -0.4 is 15.2 Å². The summed E-state index contributed by atoms with van der Waals surface area (Å²) in [7, 11) is 3.26. The number of rotatable bonds is 3. The smallest absolute Gasteiger partial charge is 0.133 e. The average molecular weight is 276 g/mol. The zero-order valence-electron chi connectivity index (χ0n) is 9.42. The van der Waals surface area contributed by atoms with Crippen LogP contribution in [0.25, 0.3) is 0 Å². The van der Waals surface area contributed by atoms with Crippen LogP contribution in [-0.2, 0) is 0 Å². The predicted octanol–water partition coefficient (Wildman–Crippen LogP) is 2.82. The molecule has 0 fully saturated rings. The molecule has 0 spiro atoms. The van der Waals surface area contributed by atoms with Crippen LogP contribution in [0.5, 0.6) is 11.5 Å². The summed E-state index contributed by atoms with van der Waals surface area (Å²) in [6.45, 7) is 2.88. The SMILES string of the molecule is CCCN.COc1ccc(OC)c(Br)c1. The van der Waals surface area contributed by atoms with Gasteiger partial charge in [-0.3, -0.25) is 0 Å². The number of hydrogen-bond donors (Lipinski definition) is 1. The van der Waals surface area contributed by atoms with Crippen molar-refractivity contribution in [2.24, 2.45) is 5.73 Å². The Morgan fingerprint density at radius 2 is 1.87 bits per heavy atom. The molecule has 0 saturated carbocycles. The van der Waals surface area contributed by atoms with E-state index in [1.165, 1.54) is 0 Å². The molecule has 15 heavy (non-hydrogen) atoms. The zero-order chi connectivity index (χ0) is 11.7. The number of benzene rings is 1. The van der Waals surface area contributed by atoms with Crippen molar-refractivity contribution in [3.63, 3.8) is 0 Å². The van der Waals surface area contributed by atoms with Gasteiger partial charge in [0.1, 0.15) is 11.5 Å². The summed E-state index contributed by atoms with van der Waals surface area (Å²) in [5.74, 6) is 1.63. The summed E-state index contributed by atoms with van der Waals surface area (Å²) < 4.78 is 11.0. The maximum Gasteiger partial charge on any atom is 0.133 e. The second-order valence-electron chi connectivity index (χ2n) is 2.79. The molecule has 86 valence electrons. The van der Waals surface area contributed by atoms with E-state index in [-0.39, 0.29) is 0 Å². The third kappa shape index (κ3) is 5.64. The molecule has 0 aliphatic rings. The summed E-state index contributed by atoms with van der Waals surface area (Å²) in [6, 6.07) is 5.56. The maximum absolute atomic E-state index is 5.04. The average Bonchev–Trinajstić information content (AvgIpc) is 2.29. The fourth-order valence-electron chi connectivity index (χ4n) is 0.774. The third-order valence-electron chi connectivity index (χ3n) is 1.65. The predicted molar refractivity (Wildman–Crippen MR) is 66.6 cm³/mol. The van der Waals surface area contributed by atoms with Crippen molar-refractivity contribution in [3.05, 3.63) is 22.7 Å². The number of ether oxygens (including phenoxy) is 2. The van der Waals surface area contributed by atoms with Crippen molar-refractivity contribution in [3.8, 4) is 11.5 Å². The molecule has 0 heterocycles. The molecule has 0 aliphatic heterocycles. The third-order valence-corrected chi connectivity index (χ3v) is 2.27. The van der Waals surface area contributed by atoms with E-state index in [0.717, 1.165) is 28.9 Å². The summed E-state index contributed by atoms with van der Waals surface area (Å²) in [5.41, 5.74) is 5.03. The highest BCUT2D eigenvalue weighted by atomic mass is 79.9. The highest BCUT2D eigenvalue weighted by Gasteiger charge is 1.99. The van der Waals surface area contributed by atoms with Gasteiger partial charge in [-0.15, -0.1) is 0 Å². The second kappa shape index (κ2) is 8.56. The Kier molecular flexibility index (Phi) is 8.14. The minimum Gasteiger partial charge on any atom is -0.497 e. The standard InChI is InChI=1S/C8H9BrO2.C3H9N/c1-10-6-3-4-8(11-2)7(9)5-6;1-2-3-4/h3-5H,1-2H3;2-4H2,1H3. The molecule has 0 unspecified atom stereocenters. The van der Waals surface area contributed by atoms with Crippen molar-refractivity contribution in [2.45, 2.75) is 13.3 Å². The molecular weight excluding hydrogens is 258 g/mol. The molecule has 1 rings (SSSR count). The van der Waals surface area contributed by atoms with E-state index in [4.69, 9.17) is 15.2 Å². The summed E-state index contributed by atoms with van der Waals surface area (Å²) in [6.07, 6.45) is 1.10. The van der Waals surface area contributed by atoms with Crippen molar-refractivity contribution < 1.29 is 9.47 Å². The lowest BCUT2D eigenvalue weighted by atomic mass is 10.3. The van der Waals surface area contributed by atoms with Gasteiger partial charge in [-0.2, -0.15) is 0 Å². The van der Waals surface area contributed by atoms with Crippen molar-refractivity contribution in [2.75, 3.05) is 20.8 Å². The van der Waals surface area contributed by atoms with Gasteiger partial charge in [-0.1, -0.05) is 6.92 Å². The van der Waals surface area contributed by atoms with Crippen LogP contribution in [0.4, 0.5) is 0 Å². The summed E-state index contributed by atoms with van der Waals surface area (Å²) in [4.78, 5) is 0. The van der Waals surface area contributed by atoms with E-state index >= 15 is 0 Å². The van der Waals surface area contributed by atoms with Gasteiger partial charge in [0.15, 0.2) is 0 Å². The lowest BCUT2D eigenvalue weighted by Crippen LogP contribution is -1.93. The maximum atomic E-state index is 5.04. The highest BCUT2D eigenvalue weighted by molar-refractivity contribution is 9.10. The number of halogens is 1. The van der Waals surface area contributed by atoms with Crippen LogP contribution in [0.15, 0.2) is 22.7 Å².